The molecule has 2 amide bonds. The van der Waals surface area contributed by atoms with Crippen LogP contribution in [0.3, 0.4) is 0 Å². The molecule has 1 aliphatic rings. The number of amides is 2. The molecule has 0 spiro atoms. The summed E-state index contributed by atoms with van der Waals surface area (Å²) in [6, 6.07) is 6.81. The largest absolute Gasteiger partial charge is 0.352 e. The molecule has 2 aromatic carbocycles. The molecule has 4 nitrogen and oxygen atoms in total. The van der Waals surface area contributed by atoms with E-state index in [0.717, 1.165) is 11.0 Å². The first-order chi connectivity index (χ1) is 11.9. The minimum Gasteiger partial charge on any atom is -0.352 e. The predicted molar refractivity (Wildman–Crippen MR) is 84.6 cm³/mol. The zero-order chi connectivity index (χ0) is 18.1. The molecular weight excluding hydrogens is 357 g/mol. The van der Waals surface area contributed by atoms with Crippen LogP contribution in [0.15, 0.2) is 36.4 Å². The molecule has 0 aliphatic carbocycles. The van der Waals surface area contributed by atoms with E-state index in [4.69, 9.17) is 11.6 Å². The topological polar surface area (TPSA) is 49.4 Å². The lowest BCUT2D eigenvalue weighted by Gasteiger charge is -2.35. The summed E-state index contributed by atoms with van der Waals surface area (Å²) < 4.78 is 40.5. The molecule has 1 atom stereocenters. The van der Waals surface area contributed by atoms with Gasteiger partial charge in [-0.05, 0) is 29.8 Å². The van der Waals surface area contributed by atoms with Gasteiger partial charge in [-0.25, -0.2) is 13.2 Å². The summed E-state index contributed by atoms with van der Waals surface area (Å²) in [5.74, 6) is -6.08. The van der Waals surface area contributed by atoms with Gasteiger partial charge in [-0.2, -0.15) is 0 Å². The van der Waals surface area contributed by atoms with Crippen LogP contribution in [-0.4, -0.2) is 29.8 Å². The van der Waals surface area contributed by atoms with Gasteiger partial charge < -0.3 is 10.2 Å². The molecule has 8 heteroatoms. The van der Waals surface area contributed by atoms with Crippen LogP contribution < -0.4 is 5.32 Å². The van der Waals surface area contributed by atoms with Crippen molar-refractivity contribution >= 4 is 23.4 Å². The maximum absolute atomic E-state index is 14.0. The maximum Gasteiger partial charge on any atom is 0.257 e. The van der Waals surface area contributed by atoms with E-state index in [9.17, 15) is 22.8 Å². The molecule has 25 heavy (non-hydrogen) atoms. The van der Waals surface area contributed by atoms with Crippen molar-refractivity contribution in [2.24, 2.45) is 0 Å². The molecule has 0 bridgehead atoms. The van der Waals surface area contributed by atoms with Gasteiger partial charge in [-0.1, -0.05) is 23.7 Å². The van der Waals surface area contributed by atoms with Gasteiger partial charge in [0.25, 0.3) is 5.91 Å². The minimum absolute atomic E-state index is 0.0835. The summed E-state index contributed by atoms with van der Waals surface area (Å²) in [6.07, 6.45) is 0. The molecule has 1 N–H and O–H groups in total. The zero-order valence-electron chi connectivity index (χ0n) is 12.7. The van der Waals surface area contributed by atoms with Gasteiger partial charge in [0.05, 0.1) is 5.56 Å². The Morgan fingerprint density at radius 1 is 1.16 bits per heavy atom. The van der Waals surface area contributed by atoms with Gasteiger partial charge in [0.2, 0.25) is 5.91 Å². The van der Waals surface area contributed by atoms with Crippen molar-refractivity contribution in [3.05, 3.63) is 70.0 Å². The van der Waals surface area contributed by atoms with Crippen LogP contribution >= 0.6 is 11.6 Å². The van der Waals surface area contributed by atoms with Crippen molar-refractivity contribution in [1.82, 2.24) is 10.2 Å². The molecule has 1 saturated heterocycles. The van der Waals surface area contributed by atoms with Crippen LogP contribution in [0.4, 0.5) is 13.2 Å². The number of piperazine rings is 1. The van der Waals surface area contributed by atoms with E-state index in [1.807, 2.05) is 0 Å². The number of nitrogens with one attached hydrogen (secondary N) is 1. The van der Waals surface area contributed by atoms with Crippen molar-refractivity contribution in [3.63, 3.8) is 0 Å². The highest BCUT2D eigenvalue weighted by atomic mass is 35.5. The molecule has 3 rings (SSSR count). The molecule has 0 radical (unpaired) electrons. The third-order valence-corrected chi connectivity index (χ3v) is 4.14. The summed E-state index contributed by atoms with van der Waals surface area (Å²) in [7, 11) is 0. The quantitative estimate of drug-likeness (QED) is 0.828. The number of rotatable bonds is 2. The second-order valence-electron chi connectivity index (χ2n) is 5.47. The summed E-state index contributed by atoms with van der Waals surface area (Å²) >= 11 is 5.93. The van der Waals surface area contributed by atoms with Crippen LogP contribution in [0.2, 0.25) is 5.02 Å². The number of carbonyl (C=O) groups excluding carboxylic acids is 2. The fraction of sp³-hybridized carbons (Fsp3) is 0.176. The number of halogens is 4. The van der Waals surface area contributed by atoms with E-state index < -0.39 is 40.9 Å². The van der Waals surface area contributed by atoms with Crippen LogP contribution in [0.1, 0.15) is 22.0 Å². The predicted octanol–water partition coefficient (Wildman–Crippen LogP) is 3.07. The van der Waals surface area contributed by atoms with E-state index in [-0.39, 0.29) is 13.1 Å². The Morgan fingerprint density at radius 3 is 2.64 bits per heavy atom. The normalized spacial score (nSPS) is 17.4. The standard InChI is InChI=1S/C17H12ClF3N2O2/c18-10-3-1-2-9(8-10)15-16(24)22-6-7-23(15)17(25)11-4-5-12(19)14(21)13(11)20/h1-5,8,15H,6-7H2,(H,22,24). The molecule has 2 aromatic rings. The fourth-order valence-electron chi connectivity index (χ4n) is 2.74. The van der Waals surface area contributed by atoms with E-state index in [2.05, 4.69) is 5.32 Å². The lowest BCUT2D eigenvalue weighted by Crippen LogP contribution is -2.52. The number of nitrogens with zero attached hydrogens (tertiary/aromatic N) is 1. The molecule has 1 aliphatic heterocycles. The molecule has 0 aromatic heterocycles. The van der Waals surface area contributed by atoms with Crippen molar-refractivity contribution in [2.45, 2.75) is 6.04 Å². The highest BCUT2D eigenvalue weighted by Gasteiger charge is 2.36. The smallest absolute Gasteiger partial charge is 0.257 e. The molecule has 1 heterocycles. The fourth-order valence-corrected chi connectivity index (χ4v) is 2.94. The third kappa shape index (κ3) is 3.19. The average Bonchev–Trinajstić information content (AvgIpc) is 2.59. The highest BCUT2D eigenvalue weighted by Crippen LogP contribution is 2.28. The number of hydrogen-bond donors (Lipinski definition) is 1. The Balaban J connectivity index is 2.02. The summed E-state index contributed by atoms with van der Waals surface area (Å²) in [5, 5.41) is 2.98. The van der Waals surface area contributed by atoms with Crippen LogP contribution in [-0.2, 0) is 4.79 Å². The second-order valence-corrected chi connectivity index (χ2v) is 5.91. The first-order valence-corrected chi connectivity index (χ1v) is 7.75. The Bertz CT molecular complexity index is 860. The lowest BCUT2D eigenvalue weighted by atomic mass is 10.0. The van der Waals surface area contributed by atoms with Crippen LogP contribution in [0.25, 0.3) is 0 Å². The van der Waals surface area contributed by atoms with Gasteiger partial charge in [0, 0.05) is 18.1 Å². The Labute approximate surface area is 146 Å². The average molecular weight is 369 g/mol. The Morgan fingerprint density at radius 2 is 1.92 bits per heavy atom. The first kappa shape index (κ1) is 17.3. The molecular formula is C17H12ClF3N2O2. The van der Waals surface area contributed by atoms with E-state index in [1.54, 1.807) is 18.2 Å². The van der Waals surface area contributed by atoms with Gasteiger partial charge >= 0.3 is 0 Å². The van der Waals surface area contributed by atoms with Crippen molar-refractivity contribution < 1.29 is 22.8 Å². The van der Waals surface area contributed by atoms with Crippen molar-refractivity contribution in [3.8, 4) is 0 Å². The minimum atomic E-state index is -1.73. The Kier molecular flexibility index (Phi) is 4.67. The van der Waals surface area contributed by atoms with Crippen LogP contribution in [0, 0.1) is 17.5 Å². The van der Waals surface area contributed by atoms with E-state index >= 15 is 0 Å². The van der Waals surface area contributed by atoms with Gasteiger partial charge in [-0.3, -0.25) is 9.59 Å². The molecule has 1 unspecified atom stereocenters. The lowest BCUT2D eigenvalue weighted by molar-refractivity contribution is -0.128. The number of carbonyl (C=O) groups is 2. The van der Waals surface area contributed by atoms with E-state index in [1.165, 1.54) is 6.07 Å². The number of benzene rings is 2. The Hall–Kier alpha value is -2.54. The first-order valence-electron chi connectivity index (χ1n) is 7.38. The van der Waals surface area contributed by atoms with Gasteiger partial charge in [0.15, 0.2) is 17.5 Å². The summed E-state index contributed by atoms with van der Waals surface area (Å²) in [5.41, 5.74) is -0.207. The third-order valence-electron chi connectivity index (χ3n) is 3.90. The molecule has 130 valence electrons. The van der Waals surface area contributed by atoms with Crippen LogP contribution in [0.5, 0.6) is 0 Å². The monoisotopic (exact) mass is 368 g/mol. The number of hydrogen-bond acceptors (Lipinski definition) is 2. The maximum atomic E-state index is 14.0. The summed E-state index contributed by atoms with van der Waals surface area (Å²) in [6.45, 7) is 0.243. The van der Waals surface area contributed by atoms with Gasteiger partial charge in [0.1, 0.15) is 6.04 Å². The second kappa shape index (κ2) is 6.76. The molecule has 0 saturated carbocycles. The highest BCUT2D eigenvalue weighted by molar-refractivity contribution is 6.30. The zero-order valence-corrected chi connectivity index (χ0v) is 13.5. The molecule has 1 fully saturated rings. The summed E-state index contributed by atoms with van der Waals surface area (Å²) in [4.78, 5) is 26.1. The van der Waals surface area contributed by atoms with Crippen molar-refractivity contribution in [1.29, 1.82) is 0 Å². The van der Waals surface area contributed by atoms with E-state index in [0.29, 0.717) is 16.7 Å². The van der Waals surface area contributed by atoms with Gasteiger partial charge in [-0.15, -0.1) is 0 Å². The van der Waals surface area contributed by atoms with Crippen molar-refractivity contribution in [2.75, 3.05) is 13.1 Å². The SMILES string of the molecule is O=C1NCCN(C(=O)c2ccc(F)c(F)c2F)C1c1cccc(Cl)c1.